The molecule has 3 rings (SSSR count). The maximum atomic E-state index is 12.1. The Morgan fingerprint density at radius 1 is 0.848 bits per heavy atom. The van der Waals surface area contributed by atoms with Gasteiger partial charge in [0.15, 0.2) is 6.61 Å². The van der Waals surface area contributed by atoms with Crippen LogP contribution in [0, 0.1) is 0 Å². The van der Waals surface area contributed by atoms with Gasteiger partial charge in [0.05, 0.1) is 21.9 Å². The molecule has 3 aromatic carbocycles. The molecule has 3 aromatic rings. The first kappa shape index (κ1) is 23.8. The van der Waals surface area contributed by atoms with Crippen LogP contribution in [0.1, 0.15) is 5.56 Å². The van der Waals surface area contributed by atoms with E-state index in [1.807, 2.05) is 6.07 Å². The van der Waals surface area contributed by atoms with Crippen molar-refractivity contribution in [3.05, 3.63) is 88.4 Å². The van der Waals surface area contributed by atoms with E-state index in [4.69, 9.17) is 27.9 Å². The molecule has 0 spiro atoms. The lowest BCUT2D eigenvalue weighted by Crippen LogP contribution is -2.32. The summed E-state index contributed by atoms with van der Waals surface area (Å²) in [6.45, 7) is -0.227. The number of ether oxygens (including phenoxy) is 1. The number of carbonyl (C=O) groups excluding carboxylic acids is 3. The SMILES string of the molecule is O=C(COc1ccccc1/C=N\NC(=O)C(=O)Nc1cccc(Cl)c1Cl)Nc1ccccc1. The summed E-state index contributed by atoms with van der Waals surface area (Å²) >= 11 is 11.9. The fraction of sp³-hybridized carbons (Fsp3) is 0.0435. The van der Waals surface area contributed by atoms with Crippen LogP contribution in [0.25, 0.3) is 0 Å². The molecule has 10 heteroatoms. The number of benzene rings is 3. The van der Waals surface area contributed by atoms with Crippen LogP contribution in [0.15, 0.2) is 77.9 Å². The molecular weight excluding hydrogens is 467 g/mol. The molecule has 0 atom stereocenters. The molecule has 0 heterocycles. The van der Waals surface area contributed by atoms with Crippen LogP contribution < -0.4 is 20.8 Å². The third-order valence-corrected chi connectivity index (χ3v) is 4.93. The van der Waals surface area contributed by atoms with Crippen molar-refractivity contribution in [3.8, 4) is 5.75 Å². The summed E-state index contributed by atoms with van der Waals surface area (Å²) in [5.41, 5.74) is 3.46. The molecule has 0 saturated carbocycles. The lowest BCUT2D eigenvalue weighted by molar-refractivity contribution is -0.136. The summed E-state index contributed by atoms with van der Waals surface area (Å²) in [5, 5.41) is 9.20. The largest absolute Gasteiger partial charge is 0.483 e. The fourth-order valence-corrected chi connectivity index (χ4v) is 2.92. The summed E-state index contributed by atoms with van der Waals surface area (Å²) in [5.74, 6) is -1.95. The van der Waals surface area contributed by atoms with E-state index >= 15 is 0 Å². The van der Waals surface area contributed by atoms with Crippen molar-refractivity contribution in [2.24, 2.45) is 5.10 Å². The number of para-hydroxylation sites is 2. The highest BCUT2D eigenvalue weighted by atomic mass is 35.5. The molecule has 0 bridgehead atoms. The number of carbonyl (C=O) groups is 3. The van der Waals surface area contributed by atoms with E-state index in [9.17, 15) is 14.4 Å². The van der Waals surface area contributed by atoms with E-state index in [0.717, 1.165) is 0 Å². The average Bonchev–Trinajstić information content (AvgIpc) is 2.82. The van der Waals surface area contributed by atoms with Crippen molar-refractivity contribution in [1.82, 2.24) is 5.43 Å². The lowest BCUT2D eigenvalue weighted by Gasteiger charge is -2.09. The van der Waals surface area contributed by atoms with Gasteiger partial charge in [-0.05, 0) is 36.4 Å². The van der Waals surface area contributed by atoms with Crippen LogP contribution in [0.3, 0.4) is 0 Å². The van der Waals surface area contributed by atoms with E-state index < -0.39 is 11.8 Å². The second-order valence-corrected chi connectivity index (χ2v) is 7.28. The molecule has 0 aliphatic heterocycles. The Kier molecular flexibility index (Phi) is 8.40. The molecule has 3 N–H and O–H groups in total. The Hall–Kier alpha value is -3.88. The van der Waals surface area contributed by atoms with Crippen LogP contribution in [-0.2, 0) is 14.4 Å². The fourth-order valence-electron chi connectivity index (χ4n) is 2.57. The van der Waals surface area contributed by atoms with Gasteiger partial charge in [0, 0.05) is 11.3 Å². The van der Waals surface area contributed by atoms with Crippen molar-refractivity contribution >= 4 is 58.5 Å². The van der Waals surface area contributed by atoms with Crippen molar-refractivity contribution in [2.45, 2.75) is 0 Å². The third kappa shape index (κ3) is 7.06. The topological polar surface area (TPSA) is 109 Å². The smallest absolute Gasteiger partial charge is 0.329 e. The summed E-state index contributed by atoms with van der Waals surface area (Å²) in [6.07, 6.45) is 1.29. The van der Waals surface area contributed by atoms with Crippen LogP contribution in [0.2, 0.25) is 10.0 Å². The van der Waals surface area contributed by atoms with Gasteiger partial charge in [-0.1, -0.05) is 59.6 Å². The van der Waals surface area contributed by atoms with Gasteiger partial charge in [0.2, 0.25) is 0 Å². The Balaban J connectivity index is 1.54. The molecule has 168 valence electrons. The molecule has 0 aliphatic rings. The predicted molar refractivity (Wildman–Crippen MR) is 128 cm³/mol. The number of anilines is 2. The minimum atomic E-state index is -1.01. The van der Waals surface area contributed by atoms with Gasteiger partial charge < -0.3 is 15.4 Å². The molecular formula is C23H18Cl2N4O4. The highest BCUT2D eigenvalue weighted by Gasteiger charge is 2.15. The van der Waals surface area contributed by atoms with Gasteiger partial charge in [-0.25, -0.2) is 5.43 Å². The molecule has 0 saturated heterocycles. The minimum Gasteiger partial charge on any atom is -0.483 e. The van der Waals surface area contributed by atoms with Crippen molar-refractivity contribution in [3.63, 3.8) is 0 Å². The zero-order valence-corrected chi connectivity index (χ0v) is 18.6. The molecule has 0 aliphatic carbocycles. The first-order valence-corrected chi connectivity index (χ1v) is 10.3. The summed E-state index contributed by atoms with van der Waals surface area (Å²) in [4.78, 5) is 36.1. The van der Waals surface area contributed by atoms with E-state index in [0.29, 0.717) is 17.0 Å². The van der Waals surface area contributed by atoms with E-state index in [1.54, 1.807) is 60.7 Å². The van der Waals surface area contributed by atoms with Crippen LogP contribution in [0.5, 0.6) is 5.75 Å². The molecule has 3 amide bonds. The second-order valence-electron chi connectivity index (χ2n) is 6.50. The zero-order valence-electron chi connectivity index (χ0n) is 17.0. The predicted octanol–water partition coefficient (Wildman–Crippen LogP) is 4.10. The number of nitrogens with zero attached hydrogens (tertiary/aromatic N) is 1. The Morgan fingerprint density at radius 2 is 1.58 bits per heavy atom. The lowest BCUT2D eigenvalue weighted by atomic mass is 10.2. The first-order chi connectivity index (χ1) is 15.9. The van der Waals surface area contributed by atoms with Crippen molar-refractivity contribution in [2.75, 3.05) is 17.2 Å². The van der Waals surface area contributed by atoms with Gasteiger partial charge in [-0.15, -0.1) is 0 Å². The minimum absolute atomic E-state index is 0.117. The van der Waals surface area contributed by atoms with Crippen LogP contribution in [0.4, 0.5) is 11.4 Å². The molecule has 0 aromatic heterocycles. The van der Waals surface area contributed by atoms with Gasteiger partial charge in [-0.2, -0.15) is 5.10 Å². The van der Waals surface area contributed by atoms with Gasteiger partial charge in [0.1, 0.15) is 5.75 Å². The molecule has 0 radical (unpaired) electrons. The zero-order chi connectivity index (χ0) is 23.6. The number of nitrogens with one attached hydrogen (secondary N) is 3. The molecule has 8 nitrogen and oxygen atoms in total. The Labute approximate surface area is 199 Å². The number of rotatable bonds is 7. The monoisotopic (exact) mass is 484 g/mol. The van der Waals surface area contributed by atoms with Crippen molar-refractivity contribution in [1.29, 1.82) is 0 Å². The first-order valence-electron chi connectivity index (χ1n) is 9.59. The van der Waals surface area contributed by atoms with Gasteiger partial charge in [0.25, 0.3) is 5.91 Å². The number of hydrogen-bond acceptors (Lipinski definition) is 5. The number of halogens is 2. The van der Waals surface area contributed by atoms with E-state index in [-0.39, 0.29) is 28.2 Å². The summed E-state index contributed by atoms with van der Waals surface area (Å²) < 4.78 is 5.56. The van der Waals surface area contributed by atoms with E-state index in [1.165, 1.54) is 12.3 Å². The van der Waals surface area contributed by atoms with Gasteiger partial charge in [-0.3, -0.25) is 14.4 Å². The highest BCUT2D eigenvalue weighted by molar-refractivity contribution is 6.45. The third-order valence-electron chi connectivity index (χ3n) is 4.11. The molecule has 33 heavy (non-hydrogen) atoms. The van der Waals surface area contributed by atoms with Crippen LogP contribution >= 0.6 is 23.2 Å². The molecule has 0 unspecified atom stereocenters. The Morgan fingerprint density at radius 3 is 2.36 bits per heavy atom. The van der Waals surface area contributed by atoms with Gasteiger partial charge >= 0.3 is 11.8 Å². The normalized spacial score (nSPS) is 10.5. The Bertz CT molecular complexity index is 1190. The number of hydrazone groups is 1. The average molecular weight is 485 g/mol. The number of amides is 3. The van der Waals surface area contributed by atoms with Crippen LogP contribution in [-0.4, -0.2) is 30.5 Å². The summed E-state index contributed by atoms with van der Waals surface area (Å²) in [7, 11) is 0. The molecule has 0 fully saturated rings. The quantitative estimate of drug-likeness (QED) is 0.266. The summed E-state index contributed by atoms with van der Waals surface area (Å²) in [6, 6.07) is 20.4. The maximum Gasteiger partial charge on any atom is 0.329 e. The van der Waals surface area contributed by atoms with E-state index in [2.05, 4.69) is 21.2 Å². The number of hydrogen-bond donors (Lipinski definition) is 3. The standard InChI is InChI=1S/C23H18Cl2N4O4/c24-17-10-6-11-18(21(17)25)28-22(31)23(32)29-26-13-15-7-4-5-12-19(15)33-14-20(30)27-16-8-2-1-3-9-16/h1-13H,14H2,(H,27,30)(H,28,31)(H,29,32)/b26-13-. The highest BCUT2D eigenvalue weighted by Crippen LogP contribution is 2.29. The van der Waals surface area contributed by atoms with Crippen molar-refractivity contribution < 1.29 is 19.1 Å². The maximum absolute atomic E-state index is 12.1. The second kappa shape index (κ2) is 11.7.